The van der Waals surface area contributed by atoms with E-state index in [1.165, 1.54) is 7.11 Å². The molecule has 0 spiro atoms. The van der Waals surface area contributed by atoms with E-state index in [9.17, 15) is 9.59 Å². The number of hydrazine groups is 1. The summed E-state index contributed by atoms with van der Waals surface area (Å²) in [5.41, 5.74) is 2.58. The Bertz CT molecular complexity index is 281. The molecule has 0 bridgehead atoms. The number of rotatable bonds is 6. The second-order valence-corrected chi connectivity index (χ2v) is 3.86. The third-order valence-electron chi connectivity index (χ3n) is 2.48. The van der Waals surface area contributed by atoms with Gasteiger partial charge in [0, 0.05) is 33.2 Å². The minimum absolute atomic E-state index is 0.225. The summed E-state index contributed by atoms with van der Waals surface area (Å²) in [6.45, 7) is 2.54. The number of carboxylic acid groups (broad SMARTS) is 1. The van der Waals surface area contributed by atoms with Crippen LogP contribution in [0, 0.1) is 0 Å². The number of hydrogen-bond acceptors (Lipinski definition) is 5. The van der Waals surface area contributed by atoms with Crippen molar-refractivity contribution in [2.45, 2.75) is 12.5 Å². The van der Waals surface area contributed by atoms with Gasteiger partial charge in [-0.1, -0.05) is 0 Å². The molecule has 1 aliphatic heterocycles. The molecule has 104 valence electrons. The van der Waals surface area contributed by atoms with Crippen molar-refractivity contribution in [3.05, 3.63) is 0 Å². The van der Waals surface area contributed by atoms with Crippen molar-refractivity contribution in [3.8, 4) is 0 Å². The van der Waals surface area contributed by atoms with E-state index in [0.29, 0.717) is 26.3 Å². The van der Waals surface area contributed by atoms with Crippen molar-refractivity contribution in [2.24, 2.45) is 0 Å². The van der Waals surface area contributed by atoms with Crippen molar-refractivity contribution in [3.63, 3.8) is 0 Å². The Morgan fingerprint density at radius 1 is 1.44 bits per heavy atom. The lowest BCUT2D eigenvalue weighted by atomic mass is 10.2. The van der Waals surface area contributed by atoms with E-state index in [4.69, 9.17) is 14.6 Å². The summed E-state index contributed by atoms with van der Waals surface area (Å²) >= 11 is 0. The number of carbonyl (C=O) groups is 2. The van der Waals surface area contributed by atoms with Gasteiger partial charge in [-0.15, -0.1) is 0 Å². The molecule has 1 atom stereocenters. The number of carboxylic acids is 1. The van der Waals surface area contributed by atoms with Gasteiger partial charge in [-0.25, -0.2) is 14.6 Å². The summed E-state index contributed by atoms with van der Waals surface area (Å²) in [6.07, 6.45) is 0.225. The van der Waals surface area contributed by atoms with Gasteiger partial charge in [-0.2, -0.15) is 0 Å². The van der Waals surface area contributed by atoms with Crippen LogP contribution in [0.3, 0.4) is 0 Å². The first-order valence-electron chi connectivity index (χ1n) is 5.75. The highest BCUT2D eigenvalue weighted by Crippen LogP contribution is 1.95. The maximum atomic E-state index is 11.6. The maximum Gasteiger partial charge on any atom is 0.330 e. The third kappa shape index (κ3) is 5.30. The molecule has 0 saturated carbocycles. The molecule has 3 N–H and O–H groups in total. The number of ether oxygens (including phenoxy) is 2. The van der Waals surface area contributed by atoms with Crippen LogP contribution in [0.4, 0.5) is 4.79 Å². The predicted octanol–water partition coefficient (Wildman–Crippen LogP) is -0.977. The minimum Gasteiger partial charge on any atom is -0.480 e. The number of nitrogens with one attached hydrogen (secondary N) is 2. The summed E-state index contributed by atoms with van der Waals surface area (Å²) in [5.74, 6) is -1.08. The lowest BCUT2D eigenvalue weighted by Gasteiger charge is -2.27. The average molecular weight is 261 g/mol. The molecular weight excluding hydrogens is 242 g/mol. The van der Waals surface area contributed by atoms with Gasteiger partial charge in [0.1, 0.15) is 6.04 Å². The van der Waals surface area contributed by atoms with Gasteiger partial charge in [-0.3, -0.25) is 5.43 Å². The van der Waals surface area contributed by atoms with Crippen LogP contribution in [-0.4, -0.2) is 68.2 Å². The van der Waals surface area contributed by atoms with Crippen LogP contribution >= 0.6 is 0 Å². The van der Waals surface area contributed by atoms with Gasteiger partial charge >= 0.3 is 12.0 Å². The summed E-state index contributed by atoms with van der Waals surface area (Å²) in [5, 5.41) is 13.0. The molecule has 1 aliphatic rings. The minimum atomic E-state index is -1.08. The van der Waals surface area contributed by atoms with Crippen LogP contribution in [0.25, 0.3) is 0 Å². The van der Waals surface area contributed by atoms with Gasteiger partial charge in [0.05, 0.1) is 13.2 Å². The van der Waals surface area contributed by atoms with E-state index in [1.54, 1.807) is 5.01 Å². The maximum absolute atomic E-state index is 11.6. The average Bonchev–Trinajstić information content (AvgIpc) is 2.35. The van der Waals surface area contributed by atoms with E-state index in [0.717, 1.165) is 0 Å². The number of amides is 2. The molecule has 8 nitrogen and oxygen atoms in total. The molecule has 1 heterocycles. The number of morpholine rings is 1. The molecule has 0 aromatic rings. The van der Waals surface area contributed by atoms with Crippen LogP contribution in [0.2, 0.25) is 0 Å². The van der Waals surface area contributed by atoms with Crippen LogP contribution in [0.1, 0.15) is 6.42 Å². The standard InChI is InChI=1S/C10H19N3O5/c1-17-5-2-8(9(14)15)11-10(16)12-13-3-6-18-7-4-13/h8H,2-7H2,1H3,(H,14,15)(H2,11,12,16). The molecule has 0 aromatic carbocycles. The number of aliphatic carboxylic acids is 1. The molecule has 0 radical (unpaired) electrons. The fourth-order valence-corrected chi connectivity index (χ4v) is 1.50. The lowest BCUT2D eigenvalue weighted by Crippen LogP contribution is -2.54. The normalized spacial score (nSPS) is 18.1. The SMILES string of the molecule is COCCC(NC(=O)NN1CCOCC1)C(=O)O. The van der Waals surface area contributed by atoms with Gasteiger partial charge in [0.2, 0.25) is 0 Å². The number of nitrogens with zero attached hydrogens (tertiary/aromatic N) is 1. The zero-order chi connectivity index (χ0) is 13.4. The highest BCUT2D eigenvalue weighted by molar-refractivity contribution is 5.82. The van der Waals surface area contributed by atoms with Crippen molar-refractivity contribution in [2.75, 3.05) is 40.0 Å². The Morgan fingerprint density at radius 2 is 2.11 bits per heavy atom. The molecule has 8 heteroatoms. The third-order valence-corrected chi connectivity index (χ3v) is 2.48. The summed E-state index contributed by atoms with van der Waals surface area (Å²) in [6, 6.07) is -1.48. The highest BCUT2D eigenvalue weighted by Gasteiger charge is 2.21. The number of methoxy groups -OCH3 is 1. The quantitative estimate of drug-likeness (QED) is 0.568. The first-order valence-corrected chi connectivity index (χ1v) is 5.75. The van der Waals surface area contributed by atoms with Gasteiger partial charge in [0.25, 0.3) is 0 Å². The van der Waals surface area contributed by atoms with Crippen molar-refractivity contribution in [1.29, 1.82) is 0 Å². The molecule has 1 unspecified atom stereocenters. The number of urea groups is 1. The molecule has 0 aromatic heterocycles. The fourth-order valence-electron chi connectivity index (χ4n) is 1.50. The lowest BCUT2D eigenvalue weighted by molar-refractivity contribution is -0.139. The van der Waals surface area contributed by atoms with Crippen LogP contribution in [0.15, 0.2) is 0 Å². The van der Waals surface area contributed by atoms with Gasteiger partial charge in [0.15, 0.2) is 0 Å². The fraction of sp³-hybridized carbons (Fsp3) is 0.800. The zero-order valence-electron chi connectivity index (χ0n) is 10.3. The second-order valence-electron chi connectivity index (χ2n) is 3.86. The van der Waals surface area contributed by atoms with Gasteiger partial charge in [-0.05, 0) is 0 Å². The largest absolute Gasteiger partial charge is 0.480 e. The first-order chi connectivity index (χ1) is 8.63. The Balaban J connectivity index is 2.32. The number of carbonyl (C=O) groups excluding carboxylic acids is 1. The Labute approximate surface area is 105 Å². The van der Waals surface area contributed by atoms with E-state index in [1.807, 2.05) is 0 Å². The highest BCUT2D eigenvalue weighted by atomic mass is 16.5. The first kappa shape index (κ1) is 14.7. The molecule has 2 amide bonds. The molecule has 1 rings (SSSR count). The van der Waals surface area contributed by atoms with E-state index < -0.39 is 18.0 Å². The Kier molecular flexibility index (Phi) is 6.40. The molecule has 1 fully saturated rings. The van der Waals surface area contributed by atoms with E-state index >= 15 is 0 Å². The predicted molar refractivity (Wildman–Crippen MR) is 62.0 cm³/mol. The van der Waals surface area contributed by atoms with Crippen LogP contribution in [-0.2, 0) is 14.3 Å². The van der Waals surface area contributed by atoms with Crippen molar-refractivity contribution < 1.29 is 24.2 Å². The van der Waals surface area contributed by atoms with E-state index in [2.05, 4.69) is 10.7 Å². The molecule has 1 saturated heterocycles. The Hall–Kier alpha value is -1.38. The van der Waals surface area contributed by atoms with E-state index in [-0.39, 0.29) is 13.0 Å². The van der Waals surface area contributed by atoms with Crippen molar-refractivity contribution >= 4 is 12.0 Å². The number of hydrogen-bond donors (Lipinski definition) is 3. The molecule has 18 heavy (non-hydrogen) atoms. The monoisotopic (exact) mass is 261 g/mol. The summed E-state index contributed by atoms with van der Waals surface area (Å²) < 4.78 is 9.92. The zero-order valence-corrected chi connectivity index (χ0v) is 10.3. The Morgan fingerprint density at radius 3 is 2.67 bits per heavy atom. The van der Waals surface area contributed by atoms with Crippen molar-refractivity contribution in [1.82, 2.24) is 15.8 Å². The topological polar surface area (TPSA) is 100 Å². The summed E-state index contributed by atoms with van der Waals surface area (Å²) in [4.78, 5) is 22.5. The summed E-state index contributed by atoms with van der Waals surface area (Å²) in [7, 11) is 1.48. The van der Waals surface area contributed by atoms with Gasteiger partial charge < -0.3 is 19.9 Å². The smallest absolute Gasteiger partial charge is 0.330 e. The van der Waals surface area contributed by atoms with Crippen LogP contribution < -0.4 is 10.7 Å². The second kappa shape index (κ2) is 7.85. The molecule has 0 aliphatic carbocycles. The van der Waals surface area contributed by atoms with Crippen LogP contribution in [0.5, 0.6) is 0 Å². The molecular formula is C10H19N3O5.